The maximum absolute atomic E-state index is 13.4. The Morgan fingerprint density at radius 2 is 1.77 bits per heavy atom. The summed E-state index contributed by atoms with van der Waals surface area (Å²) in [5.74, 6) is 0.420. The maximum Gasteiger partial charge on any atom is 0.416 e. The van der Waals surface area contributed by atoms with E-state index in [4.69, 9.17) is 9.47 Å². The summed E-state index contributed by atoms with van der Waals surface area (Å²) < 4.78 is 50.1. The minimum atomic E-state index is -4.35. The average Bonchev–Trinajstić information content (AvgIpc) is 3.31. The van der Waals surface area contributed by atoms with Gasteiger partial charge in [-0.3, -0.25) is 0 Å². The SMILES string of the molecule is COC(=O)c1cc(OC)nc(N2C[C@H]3C[C@H](c4ccccc4C(F)(F)F)C[C@H]3C2)n1. The largest absolute Gasteiger partial charge is 0.481 e. The molecule has 3 atom stereocenters. The minimum Gasteiger partial charge on any atom is -0.481 e. The fourth-order valence-corrected chi connectivity index (χ4v) is 4.70. The van der Waals surface area contributed by atoms with Crippen molar-refractivity contribution >= 4 is 11.9 Å². The van der Waals surface area contributed by atoms with Gasteiger partial charge in [-0.2, -0.15) is 18.2 Å². The van der Waals surface area contributed by atoms with Crippen LogP contribution in [-0.2, 0) is 10.9 Å². The summed E-state index contributed by atoms with van der Waals surface area (Å²) in [6, 6.07) is 7.27. The van der Waals surface area contributed by atoms with E-state index in [1.54, 1.807) is 12.1 Å². The highest BCUT2D eigenvalue weighted by molar-refractivity contribution is 5.87. The van der Waals surface area contributed by atoms with E-state index in [-0.39, 0.29) is 29.3 Å². The molecule has 0 amide bonds. The van der Waals surface area contributed by atoms with Crippen molar-refractivity contribution in [3.63, 3.8) is 0 Å². The predicted molar refractivity (Wildman–Crippen MR) is 103 cm³/mol. The van der Waals surface area contributed by atoms with E-state index in [0.717, 1.165) is 6.07 Å². The predicted octanol–water partition coefficient (Wildman–Crippen LogP) is 3.92. The Bertz CT molecular complexity index is 937. The van der Waals surface area contributed by atoms with Crippen molar-refractivity contribution in [3.8, 4) is 5.88 Å². The van der Waals surface area contributed by atoms with Gasteiger partial charge in [-0.1, -0.05) is 18.2 Å². The molecule has 1 aromatic heterocycles. The van der Waals surface area contributed by atoms with Crippen LogP contribution in [0.3, 0.4) is 0 Å². The molecule has 0 unspecified atom stereocenters. The molecule has 1 saturated carbocycles. The number of benzene rings is 1. The first-order valence-corrected chi connectivity index (χ1v) is 9.72. The van der Waals surface area contributed by atoms with E-state index in [0.29, 0.717) is 37.4 Å². The molecule has 2 aromatic rings. The highest BCUT2D eigenvalue weighted by atomic mass is 19.4. The van der Waals surface area contributed by atoms with Crippen LogP contribution in [0.15, 0.2) is 30.3 Å². The molecule has 0 N–H and O–H groups in total. The fourth-order valence-electron chi connectivity index (χ4n) is 4.70. The number of ether oxygens (including phenoxy) is 2. The van der Waals surface area contributed by atoms with Crippen molar-refractivity contribution < 1.29 is 27.4 Å². The molecule has 2 heterocycles. The van der Waals surface area contributed by atoms with Gasteiger partial charge in [0, 0.05) is 19.2 Å². The molecule has 160 valence electrons. The maximum atomic E-state index is 13.4. The molecule has 0 spiro atoms. The number of aromatic nitrogens is 2. The normalized spacial score (nSPS) is 23.4. The summed E-state index contributed by atoms with van der Waals surface area (Å²) in [6.07, 6.45) is -2.98. The van der Waals surface area contributed by atoms with Gasteiger partial charge in [-0.05, 0) is 42.2 Å². The Morgan fingerprint density at radius 3 is 2.37 bits per heavy atom. The monoisotopic (exact) mass is 421 g/mol. The first-order chi connectivity index (χ1) is 14.3. The van der Waals surface area contributed by atoms with Crippen LogP contribution in [0, 0.1) is 11.8 Å². The number of alkyl halides is 3. The van der Waals surface area contributed by atoms with Gasteiger partial charge in [0.1, 0.15) is 0 Å². The number of nitrogens with zero attached hydrogens (tertiary/aromatic N) is 3. The molecule has 9 heteroatoms. The average molecular weight is 421 g/mol. The van der Waals surface area contributed by atoms with E-state index < -0.39 is 17.7 Å². The van der Waals surface area contributed by atoms with E-state index in [2.05, 4.69) is 9.97 Å². The summed E-state index contributed by atoms with van der Waals surface area (Å²) in [5.41, 5.74) is -0.0457. The highest BCUT2D eigenvalue weighted by Gasteiger charge is 2.44. The summed E-state index contributed by atoms with van der Waals surface area (Å²) >= 11 is 0. The lowest BCUT2D eigenvalue weighted by Crippen LogP contribution is -2.25. The van der Waals surface area contributed by atoms with Crippen LogP contribution < -0.4 is 9.64 Å². The fraction of sp³-hybridized carbons (Fsp3) is 0.476. The second kappa shape index (κ2) is 7.77. The van der Waals surface area contributed by atoms with Crippen molar-refractivity contribution in [2.45, 2.75) is 24.9 Å². The van der Waals surface area contributed by atoms with Gasteiger partial charge in [-0.15, -0.1) is 0 Å². The molecule has 6 nitrogen and oxygen atoms in total. The lowest BCUT2D eigenvalue weighted by Gasteiger charge is -2.22. The Hall–Kier alpha value is -2.84. The standard InChI is InChI=1S/C21H22F3N3O3/c1-29-18-9-17(19(28)30-2)25-20(26-18)27-10-13-7-12(8-14(13)11-27)15-5-3-4-6-16(15)21(22,23)24/h3-6,9,12-14H,7-8,10-11H2,1-2H3/t12-,13+,14-. The minimum absolute atomic E-state index is 0.105. The van der Waals surface area contributed by atoms with Crippen LogP contribution in [0.5, 0.6) is 5.88 Å². The van der Waals surface area contributed by atoms with E-state index in [9.17, 15) is 18.0 Å². The number of methoxy groups -OCH3 is 2. The third-order valence-electron chi connectivity index (χ3n) is 6.03. The highest BCUT2D eigenvalue weighted by Crippen LogP contribution is 2.49. The zero-order valence-electron chi connectivity index (χ0n) is 16.6. The number of hydrogen-bond acceptors (Lipinski definition) is 6. The number of hydrogen-bond donors (Lipinski definition) is 0. The Morgan fingerprint density at radius 1 is 1.10 bits per heavy atom. The molecule has 1 aromatic carbocycles. The van der Waals surface area contributed by atoms with Crippen molar-refractivity contribution in [1.82, 2.24) is 9.97 Å². The number of esters is 1. The van der Waals surface area contributed by atoms with Gasteiger partial charge in [-0.25, -0.2) is 9.78 Å². The third-order valence-corrected chi connectivity index (χ3v) is 6.03. The van der Waals surface area contributed by atoms with Crippen LogP contribution in [0.4, 0.5) is 19.1 Å². The molecule has 1 aliphatic heterocycles. The van der Waals surface area contributed by atoms with Crippen LogP contribution in [0.25, 0.3) is 0 Å². The van der Waals surface area contributed by atoms with Crippen LogP contribution >= 0.6 is 0 Å². The molecule has 1 saturated heterocycles. The molecule has 2 fully saturated rings. The van der Waals surface area contributed by atoms with Gasteiger partial charge < -0.3 is 14.4 Å². The second-order valence-electron chi connectivity index (χ2n) is 7.77. The van der Waals surface area contributed by atoms with Gasteiger partial charge in [0.15, 0.2) is 5.69 Å². The summed E-state index contributed by atoms with van der Waals surface area (Å²) in [4.78, 5) is 22.5. The lowest BCUT2D eigenvalue weighted by molar-refractivity contribution is -0.138. The summed E-state index contributed by atoms with van der Waals surface area (Å²) in [6.45, 7) is 1.26. The zero-order valence-corrected chi connectivity index (χ0v) is 16.6. The molecule has 4 rings (SSSR count). The van der Waals surface area contributed by atoms with Crippen LogP contribution in [0.2, 0.25) is 0 Å². The number of carbonyl (C=O) groups is 1. The molecular formula is C21H22F3N3O3. The summed E-state index contributed by atoms with van der Waals surface area (Å²) in [5, 5.41) is 0. The number of anilines is 1. The van der Waals surface area contributed by atoms with Gasteiger partial charge in [0.25, 0.3) is 0 Å². The van der Waals surface area contributed by atoms with Gasteiger partial charge in [0.2, 0.25) is 11.8 Å². The topological polar surface area (TPSA) is 64.6 Å². The summed E-state index contributed by atoms with van der Waals surface area (Å²) in [7, 11) is 2.73. The smallest absolute Gasteiger partial charge is 0.416 e. The zero-order chi connectivity index (χ0) is 21.5. The molecule has 0 bridgehead atoms. The third kappa shape index (κ3) is 3.80. The molecule has 0 radical (unpaired) electrons. The van der Waals surface area contributed by atoms with E-state index in [1.165, 1.54) is 26.4 Å². The first kappa shape index (κ1) is 20.4. The number of halogens is 3. The molecule has 30 heavy (non-hydrogen) atoms. The van der Waals surface area contributed by atoms with Crippen molar-refractivity contribution in [3.05, 3.63) is 47.2 Å². The Labute approximate surface area is 172 Å². The first-order valence-electron chi connectivity index (χ1n) is 9.72. The van der Waals surface area contributed by atoms with E-state index >= 15 is 0 Å². The quantitative estimate of drug-likeness (QED) is 0.698. The Balaban J connectivity index is 1.52. The Kier molecular flexibility index (Phi) is 5.29. The number of carbonyl (C=O) groups excluding carboxylic acids is 1. The van der Waals surface area contributed by atoms with Crippen LogP contribution in [0.1, 0.15) is 40.4 Å². The van der Waals surface area contributed by atoms with Crippen LogP contribution in [-0.4, -0.2) is 43.2 Å². The number of rotatable bonds is 4. The number of fused-ring (bicyclic) bond motifs is 1. The molecule has 1 aliphatic carbocycles. The lowest BCUT2D eigenvalue weighted by atomic mass is 9.91. The van der Waals surface area contributed by atoms with Gasteiger partial charge in [0.05, 0.1) is 19.8 Å². The van der Waals surface area contributed by atoms with Crippen molar-refractivity contribution in [1.29, 1.82) is 0 Å². The van der Waals surface area contributed by atoms with E-state index in [1.807, 2.05) is 4.90 Å². The second-order valence-corrected chi connectivity index (χ2v) is 7.77. The van der Waals surface area contributed by atoms with Gasteiger partial charge >= 0.3 is 12.1 Å². The molecular weight excluding hydrogens is 399 g/mol. The molecule has 2 aliphatic rings. The van der Waals surface area contributed by atoms with Crippen molar-refractivity contribution in [2.75, 3.05) is 32.2 Å². The van der Waals surface area contributed by atoms with Crippen molar-refractivity contribution in [2.24, 2.45) is 11.8 Å².